The highest BCUT2D eigenvalue weighted by molar-refractivity contribution is 6.74. The van der Waals surface area contributed by atoms with Gasteiger partial charge in [0.1, 0.15) is 12.9 Å². The summed E-state index contributed by atoms with van der Waals surface area (Å²) >= 11 is 0. The van der Waals surface area contributed by atoms with Crippen molar-refractivity contribution >= 4 is 14.1 Å². The molecule has 0 amide bonds. The van der Waals surface area contributed by atoms with E-state index in [2.05, 4.69) is 47.4 Å². The van der Waals surface area contributed by atoms with Gasteiger partial charge in [-0.1, -0.05) is 32.9 Å². The molecule has 0 saturated carbocycles. The summed E-state index contributed by atoms with van der Waals surface area (Å²) in [6, 6.07) is 0. The van der Waals surface area contributed by atoms with E-state index in [9.17, 15) is 4.79 Å². The lowest BCUT2D eigenvalue weighted by molar-refractivity contribution is -0.135. The first-order chi connectivity index (χ1) is 11.0. The fraction of sp³-hybridized carbons (Fsp3) is 0.737. The number of hydrogen-bond donors (Lipinski definition) is 0. The molecule has 0 aliphatic heterocycles. The summed E-state index contributed by atoms with van der Waals surface area (Å²) < 4.78 is 16.6. The molecule has 0 rings (SSSR count). The van der Waals surface area contributed by atoms with Crippen molar-refractivity contribution < 1.29 is 18.7 Å². The maximum atomic E-state index is 12.2. The smallest absolute Gasteiger partial charge is 0.192 e. The maximum Gasteiger partial charge on any atom is 0.192 e. The van der Waals surface area contributed by atoms with Crippen LogP contribution in [0, 0.1) is 0 Å². The van der Waals surface area contributed by atoms with Crippen molar-refractivity contribution in [2.75, 3.05) is 13.9 Å². The lowest BCUT2D eigenvalue weighted by Crippen LogP contribution is -2.43. The Kier molecular flexibility index (Phi) is 10.6. The molecule has 0 N–H and O–H groups in total. The standard InChI is InChI=1S/C19H36O4Si/c1-9-10-14-18(22-15-21-6)17(20)13-11-12-16(2)23-24(7,8)19(3,4)5/h9,11,13,16,18H,1,10,12,14-15H2,2-8H3/b13-11+/t16-,18-/m0/s1. The fourth-order valence-corrected chi connectivity index (χ4v) is 3.39. The first kappa shape index (κ1) is 23.2. The molecular weight excluding hydrogens is 320 g/mol. The van der Waals surface area contributed by atoms with Crippen LogP contribution in [0.3, 0.4) is 0 Å². The number of hydrogen-bond acceptors (Lipinski definition) is 4. The summed E-state index contributed by atoms with van der Waals surface area (Å²) in [4.78, 5) is 12.2. The second kappa shape index (κ2) is 11.0. The van der Waals surface area contributed by atoms with Gasteiger partial charge in [-0.25, -0.2) is 0 Å². The molecular formula is C19H36O4Si. The third kappa shape index (κ3) is 8.92. The molecule has 140 valence electrons. The monoisotopic (exact) mass is 356 g/mol. The lowest BCUT2D eigenvalue weighted by Gasteiger charge is -2.38. The van der Waals surface area contributed by atoms with E-state index in [0.29, 0.717) is 6.42 Å². The van der Waals surface area contributed by atoms with Gasteiger partial charge in [-0.15, -0.1) is 6.58 Å². The summed E-state index contributed by atoms with van der Waals surface area (Å²) in [5, 5.41) is 0.185. The van der Waals surface area contributed by atoms with E-state index in [1.54, 1.807) is 19.3 Å². The first-order valence-electron chi connectivity index (χ1n) is 8.64. The minimum absolute atomic E-state index is 0.0339. The third-order valence-corrected chi connectivity index (χ3v) is 8.99. The predicted molar refractivity (Wildman–Crippen MR) is 103 cm³/mol. The van der Waals surface area contributed by atoms with Crippen molar-refractivity contribution in [2.45, 2.75) is 77.3 Å². The quantitative estimate of drug-likeness (QED) is 0.217. The van der Waals surface area contributed by atoms with E-state index in [1.165, 1.54) is 0 Å². The molecule has 0 bridgehead atoms. The molecule has 0 radical (unpaired) electrons. The zero-order chi connectivity index (χ0) is 18.8. The van der Waals surface area contributed by atoms with Gasteiger partial charge in [-0.3, -0.25) is 4.79 Å². The molecule has 0 saturated heterocycles. The van der Waals surface area contributed by atoms with Crippen molar-refractivity contribution in [1.82, 2.24) is 0 Å². The van der Waals surface area contributed by atoms with E-state index in [-0.39, 0.29) is 23.7 Å². The van der Waals surface area contributed by atoms with Crippen molar-refractivity contribution in [2.24, 2.45) is 0 Å². The Morgan fingerprint density at radius 1 is 1.29 bits per heavy atom. The van der Waals surface area contributed by atoms with Gasteiger partial charge >= 0.3 is 0 Å². The topological polar surface area (TPSA) is 44.8 Å². The van der Waals surface area contributed by atoms with Crippen LogP contribution in [0.4, 0.5) is 0 Å². The lowest BCUT2D eigenvalue weighted by atomic mass is 10.1. The highest BCUT2D eigenvalue weighted by atomic mass is 28.4. The zero-order valence-corrected chi connectivity index (χ0v) is 17.6. The van der Waals surface area contributed by atoms with Crippen LogP contribution in [0.2, 0.25) is 18.1 Å². The van der Waals surface area contributed by atoms with Gasteiger partial charge in [0, 0.05) is 13.2 Å². The van der Waals surface area contributed by atoms with Gasteiger partial charge in [0.25, 0.3) is 0 Å². The Hall–Kier alpha value is -0.753. The Labute approximate surface area is 149 Å². The van der Waals surface area contributed by atoms with E-state index < -0.39 is 14.4 Å². The van der Waals surface area contributed by atoms with Gasteiger partial charge in [-0.05, 0) is 50.4 Å². The molecule has 0 aliphatic rings. The molecule has 0 spiro atoms. The average molecular weight is 357 g/mol. The summed E-state index contributed by atoms with van der Waals surface area (Å²) in [5.74, 6) is -0.0339. The molecule has 0 aromatic rings. The van der Waals surface area contributed by atoms with Crippen LogP contribution in [0.15, 0.2) is 24.8 Å². The number of methoxy groups -OCH3 is 1. The number of carbonyl (C=O) groups excluding carboxylic acids is 1. The van der Waals surface area contributed by atoms with Crippen molar-refractivity contribution in [3.05, 3.63) is 24.8 Å². The number of ether oxygens (including phenoxy) is 2. The van der Waals surface area contributed by atoms with Crippen LogP contribution in [0.1, 0.15) is 47.0 Å². The molecule has 0 aliphatic carbocycles. The summed E-state index contributed by atoms with van der Waals surface area (Å²) in [6.45, 7) is 17.0. The van der Waals surface area contributed by atoms with Gasteiger partial charge in [0.15, 0.2) is 14.1 Å². The summed E-state index contributed by atoms with van der Waals surface area (Å²) in [6.07, 6.45) is 6.97. The number of ketones is 1. The number of allylic oxidation sites excluding steroid dienone is 1. The summed E-state index contributed by atoms with van der Waals surface area (Å²) in [5.41, 5.74) is 0. The van der Waals surface area contributed by atoms with Crippen LogP contribution in [-0.4, -0.2) is 40.2 Å². The SMILES string of the molecule is C=CCC[C@H](OCOC)C(=O)/C=C/C[C@H](C)O[Si](C)(C)C(C)(C)C. The van der Waals surface area contributed by atoms with Crippen LogP contribution < -0.4 is 0 Å². The van der Waals surface area contributed by atoms with Crippen molar-refractivity contribution in [1.29, 1.82) is 0 Å². The van der Waals surface area contributed by atoms with Gasteiger partial charge in [0.05, 0.1) is 0 Å². The van der Waals surface area contributed by atoms with E-state index >= 15 is 0 Å². The minimum Gasteiger partial charge on any atom is -0.414 e. The highest BCUT2D eigenvalue weighted by Gasteiger charge is 2.38. The van der Waals surface area contributed by atoms with Gasteiger partial charge in [0.2, 0.25) is 0 Å². The van der Waals surface area contributed by atoms with Gasteiger partial charge in [-0.2, -0.15) is 0 Å². The first-order valence-corrected chi connectivity index (χ1v) is 11.6. The molecule has 4 nitrogen and oxygen atoms in total. The van der Waals surface area contributed by atoms with E-state index in [4.69, 9.17) is 13.9 Å². The molecule has 24 heavy (non-hydrogen) atoms. The second-order valence-electron chi connectivity index (χ2n) is 7.66. The second-order valence-corrected chi connectivity index (χ2v) is 12.4. The number of rotatable bonds is 12. The van der Waals surface area contributed by atoms with Crippen LogP contribution in [0.25, 0.3) is 0 Å². The van der Waals surface area contributed by atoms with Crippen LogP contribution in [-0.2, 0) is 18.7 Å². The average Bonchev–Trinajstić information content (AvgIpc) is 2.45. The molecule has 0 fully saturated rings. The maximum absolute atomic E-state index is 12.2. The molecule has 0 aromatic carbocycles. The van der Waals surface area contributed by atoms with Gasteiger partial charge < -0.3 is 13.9 Å². The normalized spacial score (nSPS) is 15.5. The largest absolute Gasteiger partial charge is 0.414 e. The molecule has 0 aromatic heterocycles. The van der Waals surface area contributed by atoms with E-state index in [0.717, 1.165) is 12.8 Å². The Balaban J connectivity index is 4.53. The molecule has 0 heterocycles. The van der Waals surface area contributed by atoms with E-state index in [1.807, 2.05) is 6.08 Å². The van der Waals surface area contributed by atoms with Crippen molar-refractivity contribution in [3.8, 4) is 0 Å². The molecule has 0 unspecified atom stereocenters. The zero-order valence-electron chi connectivity index (χ0n) is 16.6. The Morgan fingerprint density at radius 2 is 1.92 bits per heavy atom. The third-order valence-electron chi connectivity index (χ3n) is 4.39. The van der Waals surface area contributed by atoms with Crippen LogP contribution in [0.5, 0.6) is 0 Å². The Morgan fingerprint density at radius 3 is 2.42 bits per heavy atom. The predicted octanol–water partition coefficient (Wildman–Crippen LogP) is 4.87. The molecule has 5 heteroatoms. The van der Waals surface area contributed by atoms with Crippen LogP contribution >= 0.6 is 0 Å². The number of carbonyl (C=O) groups is 1. The van der Waals surface area contributed by atoms with Crippen molar-refractivity contribution in [3.63, 3.8) is 0 Å². The fourth-order valence-electron chi connectivity index (χ4n) is 1.94. The molecule has 2 atom stereocenters. The highest BCUT2D eigenvalue weighted by Crippen LogP contribution is 2.37. The minimum atomic E-state index is -1.77. The summed E-state index contributed by atoms with van der Waals surface area (Å²) in [7, 11) is -0.227. The Bertz CT molecular complexity index is 410.